The molecule has 0 radical (unpaired) electrons. The van der Waals surface area contributed by atoms with Gasteiger partial charge in [0.2, 0.25) is 0 Å². The van der Waals surface area contributed by atoms with Gasteiger partial charge in [0.1, 0.15) is 0 Å². The molecular formula is C22H32O2. The number of hydrogen-bond donors (Lipinski definition) is 0. The summed E-state index contributed by atoms with van der Waals surface area (Å²) in [6.07, 6.45) is 6.88. The highest BCUT2D eigenvalue weighted by Gasteiger charge is 2.25. The molecule has 0 aliphatic heterocycles. The fourth-order valence-electron chi connectivity index (χ4n) is 3.34. The Balaban J connectivity index is 0.000000671. The second kappa shape index (κ2) is 10.2. The fraction of sp³-hybridized carbons (Fsp3) is 0.545. The zero-order chi connectivity index (χ0) is 18.1. The molecule has 132 valence electrons. The smallest absolute Gasteiger partial charge is 0.196 e. The van der Waals surface area contributed by atoms with Crippen LogP contribution in [-0.4, -0.2) is 11.6 Å². The van der Waals surface area contributed by atoms with E-state index in [0.29, 0.717) is 17.6 Å². The van der Waals surface area contributed by atoms with Crippen LogP contribution in [0.15, 0.2) is 29.3 Å². The van der Waals surface area contributed by atoms with Crippen LogP contribution in [0, 0.1) is 0 Å². The number of Topliss-reactive ketones (excluding diaryl/α,β-unsaturated/α-hetero) is 2. The normalized spacial score (nSPS) is 16.3. The van der Waals surface area contributed by atoms with E-state index in [1.165, 1.54) is 24.0 Å². The third-order valence-corrected chi connectivity index (χ3v) is 4.50. The van der Waals surface area contributed by atoms with Gasteiger partial charge in [-0.15, -0.1) is 0 Å². The van der Waals surface area contributed by atoms with E-state index >= 15 is 0 Å². The number of carbonyl (C=O) groups excluding carboxylic acids is 2. The lowest BCUT2D eigenvalue weighted by Gasteiger charge is -2.18. The lowest BCUT2D eigenvalue weighted by Crippen LogP contribution is -2.19. The van der Waals surface area contributed by atoms with Crippen molar-refractivity contribution in [1.29, 1.82) is 0 Å². The summed E-state index contributed by atoms with van der Waals surface area (Å²) in [7, 11) is 0. The largest absolute Gasteiger partial charge is 0.294 e. The molecule has 0 N–H and O–H groups in total. The molecule has 3 rings (SSSR count). The molecule has 0 spiro atoms. The van der Waals surface area contributed by atoms with Gasteiger partial charge in [0.15, 0.2) is 11.6 Å². The molecule has 1 aromatic carbocycles. The van der Waals surface area contributed by atoms with E-state index in [-0.39, 0.29) is 11.6 Å². The van der Waals surface area contributed by atoms with E-state index in [1.807, 2.05) is 46.8 Å². The minimum atomic E-state index is -0.0689. The van der Waals surface area contributed by atoms with Crippen LogP contribution in [0.5, 0.6) is 0 Å². The van der Waals surface area contributed by atoms with Gasteiger partial charge in [0.05, 0.1) is 5.57 Å². The van der Waals surface area contributed by atoms with Gasteiger partial charge in [0, 0.05) is 12.0 Å². The van der Waals surface area contributed by atoms with Crippen molar-refractivity contribution in [1.82, 2.24) is 0 Å². The van der Waals surface area contributed by atoms with Crippen LogP contribution in [0.3, 0.4) is 0 Å². The number of fused-ring (bicyclic) bond motifs is 1. The topological polar surface area (TPSA) is 34.1 Å². The van der Waals surface area contributed by atoms with Gasteiger partial charge in [0.25, 0.3) is 0 Å². The molecular weight excluding hydrogens is 296 g/mol. The second-order valence-electron chi connectivity index (χ2n) is 5.95. The van der Waals surface area contributed by atoms with E-state index in [9.17, 15) is 9.59 Å². The summed E-state index contributed by atoms with van der Waals surface area (Å²) >= 11 is 0. The van der Waals surface area contributed by atoms with Crippen LogP contribution in [0.2, 0.25) is 0 Å². The summed E-state index contributed by atoms with van der Waals surface area (Å²) in [5.41, 5.74) is 4.77. The summed E-state index contributed by atoms with van der Waals surface area (Å²) in [4.78, 5) is 24.7. The van der Waals surface area contributed by atoms with Crippen molar-refractivity contribution < 1.29 is 9.59 Å². The lowest BCUT2D eigenvalue weighted by atomic mass is 9.84. The first-order valence-corrected chi connectivity index (χ1v) is 9.56. The van der Waals surface area contributed by atoms with Crippen molar-refractivity contribution >= 4 is 11.6 Å². The molecule has 2 heteroatoms. The quantitative estimate of drug-likeness (QED) is 0.502. The van der Waals surface area contributed by atoms with E-state index in [2.05, 4.69) is 6.07 Å². The van der Waals surface area contributed by atoms with Crippen molar-refractivity contribution in [2.45, 2.75) is 79.6 Å². The summed E-state index contributed by atoms with van der Waals surface area (Å²) in [5, 5.41) is 0. The number of aryl methyl sites for hydroxylation is 2. The maximum atomic E-state index is 12.6. The molecule has 0 heterocycles. The Morgan fingerprint density at radius 3 is 2.08 bits per heavy atom. The van der Waals surface area contributed by atoms with Crippen LogP contribution in [0.4, 0.5) is 0 Å². The molecule has 0 unspecified atom stereocenters. The van der Waals surface area contributed by atoms with E-state index in [0.717, 1.165) is 31.3 Å². The Morgan fingerprint density at radius 2 is 1.46 bits per heavy atom. The monoisotopic (exact) mass is 328 g/mol. The summed E-state index contributed by atoms with van der Waals surface area (Å²) in [6, 6.07) is 5.98. The summed E-state index contributed by atoms with van der Waals surface area (Å²) in [5.74, 6) is -0.0444. The third-order valence-electron chi connectivity index (χ3n) is 4.50. The zero-order valence-corrected chi connectivity index (χ0v) is 16.0. The molecule has 0 fully saturated rings. The van der Waals surface area contributed by atoms with Gasteiger partial charge in [-0.1, -0.05) is 45.4 Å². The van der Waals surface area contributed by atoms with Gasteiger partial charge in [-0.2, -0.15) is 0 Å². The van der Waals surface area contributed by atoms with Gasteiger partial charge in [-0.25, -0.2) is 0 Å². The third kappa shape index (κ3) is 4.66. The first-order chi connectivity index (χ1) is 11.7. The number of rotatable bonds is 2. The van der Waals surface area contributed by atoms with Crippen LogP contribution in [0.25, 0.3) is 0 Å². The standard InChI is InChI=1S/C18H20O2.2C2H6/c1-12-5-4-8-16(19)17(12)18(20)15-10-9-13-6-2-3-7-14(13)11-15;2*1-2/h9-11H,2-8H2,1H3;2*1-2H3. The van der Waals surface area contributed by atoms with E-state index in [4.69, 9.17) is 0 Å². The lowest BCUT2D eigenvalue weighted by molar-refractivity contribution is -0.115. The molecule has 0 aromatic heterocycles. The fourth-order valence-corrected chi connectivity index (χ4v) is 3.34. The minimum Gasteiger partial charge on any atom is -0.294 e. The molecule has 2 nitrogen and oxygen atoms in total. The molecule has 2 aliphatic rings. The highest BCUT2D eigenvalue weighted by atomic mass is 16.1. The molecule has 0 amide bonds. The first-order valence-electron chi connectivity index (χ1n) is 9.56. The molecule has 0 bridgehead atoms. The second-order valence-corrected chi connectivity index (χ2v) is 5.95. The number of carbonyl (C=O) groups is 2. The Kier molecular flexibility index (Phi) is 8.67. The minimum absolute atomic E-state index is 0.0245. The van der Waals surface area contributed by atoms with Crippen molar-refractivity contribution in [3.8, 4) is 0 Å². The van der Waals surface area contributed by atoms with Gasteiger partial charge < -0.3 is 0 Å². The van der Waals surface area contributed by atoms with Crippen LogP contribution < -0.4 is 0 Å². The maximum Gasteiger partial charge on any atom is 0.196 e. The van der Waals surface area contributed by atoms with Gasteiger partial charge in [-0.3, -0.25) is 9.59 Å². The molecule has 0 saturated heterocycles. The predicted molar refractivity (Wildman–Crippen MR) is 102 cm³/mol. The summed E-state index contributed by atoms with van der Waals surface area (Å²) in [6.45, 7) is 9.92. The number of hydrogen-bond acceptors (Lipinski definition) is 2. The van der Waals surface area contributed by atoms with Crippen molar-refractivity contribution in [2.75, 3.05) is 0 Å². The highest BCUT2D eigenvalue weighted by molar-refractivity contribution is 6.27. The number of allylic oxidation sites excluding steroid dienone is 2. The molecule has 2 aliphatic carbocycles. The predicted octanol–water partition coefficient (Wildman–Crippen LogP) is 5.87. The number of ketones is 2. The molecule has 0 saturated carbocycles. The maximum absolute atomic E-state index is 12.6. The van der Waals surface area contributed by atoms with Crippen molar-refractivity contribution in [3.63, 3.8) is 0 Å². The van der Waals surface area contributed by atoms with Crippen molar-refractivity contribution in [3.05, 3.63) is 46.0 Å². The molecule has 24 heavy (non-hydrogen) atoms. The van der Waals surface area contributed by atoms with Crippen LogP contribution >= 0.6 is 0 Å². The Hall–Kier alpha value is -1.70. The van der Waals surface area contributed by atoms with Crippen LogP contribution in [-0.2, 0) is 17.6 Å². The number of benzene rings is 1. The molecule has 1 aromatic rings. The highest BCUT2D eigenvalue weighted by Crippen LogP contribution is 2.27. The Labute approximate surface area is 147 Å². The van der Waals surface area contributed by atoms with Gasteiger partial charge >= 0.3 is 0 Å². The summed E-state index contributed by atoms with van der Waals surface area (Å²) < 4.78 is 0. The average molecular weight is 328 g/mol. The zero-order valence-electron chi connectivity index (χ0n) is 16.0. The Bertz CT molecular complexity index is 608. The SMILES string of the molecule is CC.CC.CC1=C(C(=O)c2ccc3c(c2)CCCC3)C(=O)CCC1. The van der Waals surface area contributed by atoms with E-state index < -0.39 is 0 Å². The van der Waals surface area contributed by atoms with Gasteiger partial charge in [-0.05, 0) is 62.6 Å². The molecule has 0 atom stereocenters. The van der Waals surface area contributed by atoms with E-state index in [1.54, 1.807) is 0 Å². The Morgan fingerprint density at radius 1 is 0.833 bits per heavy atom. The average Bonchev–Trinajstić information content (AvgIpc) is 2.64. The van der Waals surface area contributed by atoms with Crippen molar-refractivity contribution in [2.24, 2.45) is 0 Å². The first kappa shape index (κ1) is 20.3. The van der Waals surface area contributed by atoms with Crippen LogP contribution in [0.1, 0.15) is 88.2 Å².